The van der Waals surface area contributed by atoms with Crippen LogP contribution in [0.4, 0.5) is 5.69 Å². The molecule has 0 unspecified atom stereocenters. The van der Waals surface area contributed by atoms with Crippen molar-refractivity contribution in [3.63, 3.8) is 0 Å². The maximum atomic E-state index is 12.0. The van der Waals surface area contributed by atoms with Crippen molar-refractivity contribution < 1.29 is 8.42 Å². The van der Waals surface area contributed by atoms with E-state index < -0.39 is 14.6 Å². The van der Waals surface area contributed by atoms with Crippen molar-refractivity contribution in [2.45, 2.75) is 44.8 Å². The Morgan fingerprint density at radius 2 is 1.91 bits per heavy atom. The van der Waals surface area contributed by atoms with Crippen molar-refractivity contribution in [1.82, 2.24) is 0 Å². The molecule has 0 aliphatic heterocycles. The summed E-state index contributed by atoms with van der Waals surface area (Å²) in [4.78, 5) is 4.12. The van der Waals surface area contributed by atoms with Gasteiger partial charge in [0.2, 0.25) is 0 Å². The van der Waals surface area contributed by atoms with Gasteiger partial charge < -0.3 is 11.1 Å². The minimum atomic E-state index is -3.16. The molecule has 130 valence electrons. The third-order valence-corrected chi connectivity index (χ3v) is 6.53. The molecule has 0 radical (unpaired) electrons. The van der Waals surface area contributed by atoms with E-state index in [9.17, 15) is 8.42 Å². The predicted molar refractivity (Wildman–Crippen MR) is 108 cm³/mol. The van der Waals surface area contributed by atoms with Gasteiger partial charge in [-0.25, -0.2) is 8.42 Å². The van der Waals surface area contributed by atoms with E-state index in [2.05, 4.69) is 22.4 Å². The van der Waals surface area contributed by atoms with Gasteiger partial charge in [0.15, 0.2) is 15.8 Å². The molecule has 0 heterocycles. The average molecular weight is 451 g/mol. The summed E-state index contributed by atoms with van der Waals surface area (Å²) >= 11 is 0. The molecule has 2 rings (SSSR count). The van der Waals surface area contributed by atoms with E-state index in [1.165, 1.54) is 17.5 Å². The van der Waals surface area contributed by atoms with Crippen molar-refractivity contribution in [3.8, 4) is 0 Å². The second-order valence-electron chi connectivity index (χ2n) is 6.66. The van der Waals surface area contributed by atoms with Crippen LogP contribution in [0.1, 0.15) is 38.3 Å². The number of nitrogens with two attached hydrogens (primary N) is 1. The van der Waals surface area contributed by atoms with Gasteiger partial charge in [0.25, 0.3) is 0 Å². The summed E-state index contributed by atoms with van der Waals surface area (Å²) in [5, 5.41) is 3.03. The Morgan fingerprint density at radius 3 is 2.57 bits per heavy atom. The number of rotatable bonds is 4. The Morgan fingerprint density at radius 1 is 1.26 bits per heavy atom. The molecule has 0 amide bonds. The van der Waals surface area contributed by atoms with E-state index in [4.69, 9.17) is 5.73 Å². The maximum Gasteiger partial charge on any atom is 0.193 e. The van der Waals surface area contributed by atoms with Crippen LogP contribution < -0.4 is 11.1 Å². The minimum Gasteiger partial charge on any atom is -0.370 e. The number of sulfone groups is 1. The quantitative estimate of drug-likeness (QED) is 0.419. The number of aryl methyl sites for hydroxylation is 2. The number of aliphatic imine (C=N–C) groups is 1. The van der Waals surface area contributed by atoms with E-state index in [0.29, 0.717) is 0 Å². The molecule has 0 saturated carbocycles. The lowest BCUT2D eigenvalue weighted by atomic mass is 10.1. The van der Waals surface area contributed by atoms with Gasteiger partial charge in [0, 0.05) is 5.69 Å². The molecule has 7 heteroatoms. The highest BCUT2D eigenvalue weighted by Crippen LogP contribution is 2.24. The fourth-order valence-corrected chi connectivity index (χ4v) is 3.37. The number of guanidine groups is 1. The van der Waals surface area contributed by atoms with Crippen LogP contribution in [0.25, 0.3) is 0 Å². The summed E-state index contributed by atoms with van der Waals surface area (Å²) in [5.41, 5.74) is 9.49. The van der Waals surface area contributed by atoms with Crippen LogP contribution in [-0.2, 0) is 22.7 Å². The van der Waals surface area contributed by atoms with E-state index in [0.717, 1.165) is 18.5 Å². The van der Waals surface area contributed by atoms with Gasteiger partial charge in [-0.15, -0.1) is 24.0 Å². The average Bonchev–Trinajstić information content (AvgIpc) is 2.84. The van der Waals surface area contributed by atoms with E-state index in [1.54, 1.807) is 20.8 Å². The van der Waals surface area contributed by atoms with Crippen molar-refractivity contribution in [2.24, 2.45) is 10.7 Å². The second kappa shape index (κ2) is 7.83. The van der Waals surface area contributed by atoms with Crippen molar-refractivity contribution in [1.29, 1.82) is 0 Å². The fourth-order valence-electron chi connectivity index (χ4n) is 2.43. The number of hydrogen-bond donors (Lipinski definition) is 2. The molecule has 23 heavy (non-hydrogen) atoms. The Bertz CT molecular complexity index is 679. The van der Waals surface area contributed by atoms with E-state index in [-0.39, 0.29) is 42.2 Å². The Labute approximate surface area is 156 Å². The number of benzene rings is 1. The zero-order valence-corrected chi connectivity index (χ0v) is 17.1. The summed E-state index contributed by atoms with van der Waals surface area (Å²) in [6, 6.07) is 6.19. The number of anilines is 1. The molecule has 1 aliphatic carbocycles. The topological polar surface area (TPSA) is 84.5 Å². The lowest BCUT2D eigenvalue weighted by Gasteiger charge is -2.18. The zero-order chi connectivity index (χ0) is 16.4. The van der Waals surface area contributed by atoms with Crippen LogP contribution in [0.5, 0.6) is 0 Å². The Kier molecular flexibility index (Phi) is 6.88. The van der Waals surface area contributed by atoms with Gasteiger partial charge in [-0.05, 0) is 63.3 Å². The van der Waals surface area contributed by atoms with Crippen molar-refractivity contribution in [2.75, 3.05) is 17.6 Å². The first-order valence-corrected chi connectivity index (χ1v) is 9.25. The Hall–Kier alpha value is -0.830. The van der Waals surface area contributed by atoms with Crippen LogP contribution in [0, 0.1) is 0 Å². The zero-order valence-electron chi connectivity index (χ0n) is 13.9. The molecule has 1 aromatic carbocycles. The highest BCUT2D eigenvalue weighted by Gasteiger charge is 2.28. The molecular weight excluding hydrogens is 425 g/mol. The monoisotopic (exact) mass is 451 g/mol. The summed E-state index contributed by atoms with van der Waals surface area (Å²) in [7, 11) is -3.16. The van der Waals surface area contributed by atoms with Crippen molar-refractivity contribution >= 4 is 45.5 Å². The molecule has 0 atom stereocenters. The number of nitrogens with one attached hydrogen (secondary N) is 1. The smallest absolute Gasteiger partial charge is 0.193 e. The maximum absolute atomic E-state index is 12.0. The number of fused-ring (bicyclic) bond motifs is 1. The number of halogens is 1. The molecule has 3 N–H and O–H groups in total. The van der Waals surface area contributed by atoms with Gasteiger partial charge in [-0.3, -0.25) is 4.99 Å². The summed E-state index contributed by atoms with van der Waals surface area (Å²) in [5.74, 6) is 0.255. The first-order chi connectivity index (χ1) is 10.2. The molecule has 1 aliphatic rings. The van der Waals surface area contributed by atoms with Gasteiger partial charge in [0.1, 0.15) is 0 Å². The minimum absolute atomic E-state index is 0. The van der Waals surface area contributed by atoms with E-state index >= 15 is 0 Å². The third-order valence-electron chi connectivity index (χ3n) is 3.95. The molecular formula is C16H26IN3O2S. The van der Waals surface area contributed by atoms with E-state index in [1.807, 2.05) is 6.07 Å². The predicted octanol–water partition coefficient (Wildman–Crippen LogP) is 2.73. The van der Waals surface area contributed by atoms with Gasteiger partial charge >= 0.3 is 0 Å². The second-order valence-corrected chi connectivity index (χ2v) is 9.52. The first-order valence-electron chi connectivity index (χ1n) is 7.60. The molecule has 0 saturated heterocycles. The lowest BCUT2D eigenvalue weighted by molar-refractivity contribution is 0.560. The largest absolute Gasteiger partial charge is 0.370 e. The van der Waals surface area contributed by atoms with Crippen molar-refractivity contribution in [3.05, 3.63) is 29.3 Å². The lowest BCUT2D eigenvalue weighted by Crippen LogP contribution is -2.32. The fraction of sp³-hybridized carbons (Fsp3) is 0.562. The highest BCUT2D eigenvalue weighted by molar-refractivity contribution is 14.0. The molecule has 0 aromatic heterocycles. The number of hydrogen-bond acceptors (Lipinski definition) is 3. The summed E-state index contributed by atoms with van der Waals surface area (Å²) in [6.45, 7) is 5.25. The van der Waals surface area contributed by atoms with Gasteiger partial charge in [0.05, 0.1) is 17.0 Å². The molecule has 0 spiro atoms. The van der Waals surface area contributed by atoms with Crippen LogP contribution >= 0.6 is 24.0 Å². The summed E-state index contributed by atoms with van der Waals surface area (Å²) < 4.78 is 23.2. The van der Waals surface area contributed by atoms with Crippen LogP contribution in [0.3, 0.4) is 0 Å². The van der Waals surface area contributed by atoms with Crippen LogP contribution in [0.15, 0.2) is 23.2 Å². The van der Waals surface area contributed by atoms with Crippen LogP contribution in [-0.4, -0.2) is 31.4 Å². The molecule has 0 fully saturated rings. The standard InChI is InChI=1S/C16H25N3O2S.HI/c1-16(2,3)22(20,21)10-9-18-15(17)19-14-8-7-12-5-4-6-13(12)11-14;/h7-8,11H,4-6,9-10H2,1-3H3,(H3,17,18,19);1H. The van der Waals surface area contributed by atoms with Crippen LogP contribution in [0.2, 0.25) is 0 Å². The highest BCUT2D eigenvalue weighted by atomic mass is 127. The molecule has 1 aromatic rings. The molecule has 5 nitrogen and oxygen atoms in total. The van der Waals surface area contributed by atoms with Gasteiger partial charge in [-0.1, -0.05) is 6.07 Å². The Balaban J connectivity index is 0.00000264. The SMILES string of the molecule is CC(C)(C)S(=O)(=O)CCN=C(N)Nc1ccc2c(c1)CCC2.I. The normalized spacial score (nSPS) is 15.0. The first kappa shape index (κ1) is 20.2. The van der Waals surface area contributed by atoms with Gasteiger partial charge in [-0.2, -0.15) is 0 Å². The number of nitrogens with zero attached hydrogens (tertiary/aromatic N) is 1. The third kappa shape index (κ3) is 5.34. The molecule has 0 bridgehead atoms. The summed E-state index contributed by atoms with van der Waals surface area (Å²) in [6.07, 6.45) is 3.45.